The van der Waals surface area contributed by atoms with Crippen molar-refractivity contribution >= 4 is 26.0 Å². The van der Waals surface area contributed by atoms with E-state index in [2.05, 4.69) is 15.9 Å². The van der Waals surface area contributed by atoms with Crippen molar-refractivity contribution in [2.75, 3.05) is 13.7 Å². The van der Waals surface area contributed by atoms with E-state index in [1.165, 1.54) is 19.2 Å². The molecular formula is C10H11BrF3NO3S. The molecule has 0 saturated heterocycles. The first-order valence-corrected chi connectivity index (χ1v) is 7.33. The fraction of sp³-hybridized carbons (Fsp3) is 0.400. The number of nitrogens with one attached hydrogen (secondary N) is 1. The predicted molar refractivity (Wildman–Crippen MR) is 66.6 cm³/mol. The molecule has 1 aromatic carbocycles. The van der Waals surface area contributed by atoms with Crippen LogP contribution in [0.15, 0.2) is 27.6 Å². The fourth-order valence-electron chi connectivity index (χ4n) is 1.27. The Kier molecular flexibility index (Phi) is 5.22. The van der Waals surface area contributed by atoms with E-state index in [1.807, 2.05) is 4.72 Å². The average molecular weight is 362 g/mol. The average Bonchev–Trinajstić information content (AvgIpc) is 2.27. The lowest BCUT2D eigenvalue weighted by Gasteiger charge is -2.12. The van der Waals surface area contributed by atoms with Gasteiger partial charge in [-0.25, -0.2) is 13.1 Å². The van der Waals surface area contributed by atoms with Crippen molar-refractivity contribution in [2.45, 2.75) is 17.5 Å². The number of methoxy groups -OCH3 is 1. The van der Waals surface area contributed by atoms with Crippen LogP contribution in [0.25, 0.3) is 0 Å². The Labute approximate surface area is 117 Å². The molecule has 0 fully saturated rings. The number of sulfonamides is 1. The van der Waals surface area contributed by atoms with E-state index in [-0.39, 0.29) is 10.6 Å². The van der Waals surface area contributed by atoms with Crippen LogP contribution in [0.1, 0.15) is 6.42 Å². The molecule has 0 bridgehead atoms. The van der Waals surface area contributed by atoms with Crippen molar-refractivity contribution in [3.05, 3.63) is 22.7 Å². The minimum atomic E-state index is -4.41. The Morgan fingerprint density at radius 1 is 1.37 bits per heavy atom. The molecule has 0 radical (unpaired) electrons. The van der Waals surface area contributed by atoms with Crippen LogP contribution in [0.2, 0.25) is 0 Å². The molecule has 4 nitrogen and oxygen atoms in total. The molecule has 0 aliphatic heterocycles. The molecule has 1 aromatic rings. The maximum absolute atomic E-state index is 12.0. The highest BCUT2D eigenvalue weighted by molar-refractivity contribution is 9.10. The van der Waals surface area contributed by atoms with E-state index in [9.17, 15) is 21.6 Å². The monoisotopic (exact) mass is 361 g/mol. The van der Waals surface area contributed by atoms with Gasteiger partial charge in [-0.15, -0.1) is 0 Å². The van der Waals surface area contributed by atoms with Gasteiger partial charge in [0, 0.05) is 11.0 Å². The summed E-state index contributed by atoms with van der Waals surface area (Å²) in [6, 6.07) is 4.23. The molecular weight excluding hydrogens is 351 g/mol. The molecule has 1 N–H and O–H groups in total. The van der Waals surface area contributed by atoms with Crippen LogP contribution in [-0.2, 0) is 10.0 Å². The normalized spacial score (nSPS) is 12.5. The first-order chi connectivity index (χ1) is 8.65. The van der Waals surface area contributed by atoms with Crippen LogP contribution in [0, 0.1) is 0 Å². The quantitative estimate of drug-likeness (QED) is 0.877. The number of halogens is 4. The number of rotatable bonds is 5. The molecule has 9 heteroatoms. The third kappa shape index (κ3) is 5.00. The van der Waals surface area contributed by atoms with Gasteiger partial charge in [0.25, 0.3) is 0 Å². The highest BCUT2D eigenvalue weighted by Crippen LogP contribution is 2.27. The Balaban J connectivity index is 2.91. The lowest BCUT2D eigenvalue weighted by Crippen LogP contribution is -2.28. The maximum Gasteiger partial charge on any atom is 0.390 e. The molecule has 0 saturated carbocycles. The van der Waals surface area contributed by atoms with Gasteiger partial charge in [-0.2, -0.15) is 13.2 Å². The number of alkyl halides is 3. The zero-order valence-corrected chi connectivity index (χ0v) is 12.2. The number of hydrogen-bond donors (Lipinski definition) is 1. The minimum Gasteiger partial charge on any atom is -0.495 e. The Hall–Kier alpha value is -0.800. The molecule has 0 aliphatic carbocycles. The maximum atomic E-state index is 12.0. The summed E-state index contributed by atoms with van der Waals surface area (Å²) in [6.07, 6.45) is -5.65. The lowest BCUT2D eigenvalue weighted by molar-refractivity contribution is -0.132. The SMILES string of the molecule is COc1ccc(Br)cc1S(=O)(=O)NCCC(F)(F)F. The van der Waals surface area contributed by atoms with Gasteiger partial charge in [-0.1, -0.05) is 15.9 Å². The topological polar surface area (TPSA) is 55.4 Å². The Morgan fingerprint density at radius 2 is 2.00 bits per heavy atom. The third-order valence-electron chi connectivity index (χ3n) is 2.12. The second kappa shape index (κ2) is 6.10. The largest absolute Gasteiger partial charge is 0.495 e. The lowest BCUT2D eigenvalue weighted by atomic mass is 10.3. The molecule has 1 rings (SSSR count). The zero-order valence-electron chi connectivity index (χ0n) is 9.79. The van der Waals surface area contributed by atoms with Crippen LogP contribution in [-0.4, -0.2) is 28.2 Å². The molecule has 0 aromatic heterocycles. The first-order valence-electron chi connectivity index (χ1n) is 5.06. The van der Waals surface area contributed by atoms with Crippen molar-refractivity contribution in [2.24, 2.45) is 0 Å². The summed E-state index contributed by atoms with van der Waals surface area (Å²) in [4.78, 5) is -0.216. The van der Waals surface area contributed by atoms with E-state index in [0.29, 0.717) is 4.47 Å². The van der Waals surface area contributed by atoms with Crippen LogP contribution >= 0.6 is 15.9 Å². The van der Waals surface area contributed by atoms with Gasteiger partial charge in [0.2, 0.25) is 10.0 Å². The van der Waals surface area contributed by atoms with Gasteiger partial charge >= 0.3 is 6.18 Å². The Bertz CT molecular complexity index is 545. The molecule has 0 atom stereocenters. The van der Waals surface area contributed by atoms with Gasteiger partial charge in [0.15, 0.2) is 0 Å². The van der Waals surface area contributed by atoms with Gasteiger partial charge in [-0.05, 0) is 18.2 Å². The van der Waals surface area contributed by atoms with Crippen LogP contribution < -0.4 is 9.46 Å². The fourth-order valence-corrected chi connectivity index (χ4v) is 3.00. The zero-order chi connectivity index (χ0) is 14.7. The minimum absolute atomic E-state index is 0.0581. The highest BCUT2D eigenvalue weighted by atomic mass is 79.9. The Morgan fingerprint density at radius 3 is 2.53 bits per heavy atom. The third-order valence-corrected chi connectivity index (χ3v) is 4.09. The predicted octanol–water partition coefficient (Wildman–Crippen LogP) is 2.69. The van der Waals surface area contributed by atoms with Gasteiger partial charge in [0.1, 0.15) is 10.6 Å². The summed E-state index contributed by atoms with van der Waals surface area (Å²) >= 11 is 3.09. The van der Waals surface area contributed by atoms with Crippen molar-refractivity contribution < 1.29 is 26.3 Å². The number of hydrogen-bond acceptors (Lipinski definition) is 3. The smallest absolute Gasteiger partial charge is 0.390 e. The summed E-state index contributed by atoms with van der Waals surface area (Å²) in [5, 5.41) is 0. The van der Waals surface area contributed by atoms with Gasteiger partial charge < -0.3 is 4.74 Å². The molecule has 0 amide bonds. The van der Waals surface area contributed by atoms with E-state index < -0.39 is 29.2 Å². The van der Waals surface area contributed by atoms with E-state index >= 15 is 0 Å². The van der Waals surface area contributed by atoms with Crippen LogP contribution in [0.4, 0.5) is 13.2 Å². The summed E-state index contributed by atoms with van der Waals surface area (Å²) in [6.45, 7) is -0.721. The van der Waals surface area contributed by atoms with Gasteiger partial charge in [-0.3, -0.25) is 0 Å². The standard InChI is InChI=1S/C10H11BrF3NO3S/c1-18-8-3-2-7(11)6-9(8)19(16,17)15-5-4-10(12,13)14/h2-3,6,15H,4-5H2,1H3. The summed E-state index contributed by atoms with van der Waals surface area (Å²) in [5.41, 5.74) is 0. The van der Waals surface area contributed by atoms with E-state index in [4.69, 9.17) is 4.74 Å². The molecule has 108 valence electrons. The molecule has 19 heavy (non-hydrogen) atoms. The van der Waals surface area contributed by atoms with E-state index in [0.717, 1.165) is 0 Å². The summed E-state index contributed by atoms with van der Waals surface area (Å²) in [7, 11) is -2.78. The molecule has 0 aliphatic rings. The summed E-state index contributed by atoms with van der Waals surface area (Å²) < 4.78 is 66.9. The second-order valence-electron chi connectivity index (χ2n) is 3.56. The van der Waals surface area contributed by atoms with Crippen LogP contribution in [0.5, 0.6) is 5.75 Å². The second-order valence-corrected chi connectivity index (χ2v) is 6.21. The van der Waals surface area contributed by atoms with Crippen molar-refractivity contribution in [1.82, 2.24) is 4.72 Å². The van der Waals surface area contributed by atoms with Crippen molar-refractivity contribution in [3.63, 3.8) is 0 Å². The molecule has 0 spiro atoms. The molecule has 0 unspecified atom stereocenters. The highest BCUT2D eigenvalue weighted by Gasteiger charge is 2.28. The number of benzene rings is 1. The number of ether oxygens (including phenoxy) is 1. The molecule has 0 heterocycles. The van der Waals surface area contributed by atoms with Crippen LogP contribution in [0.3, 0.4) is 0 Å². The van der Waals surface area contributed by atoms with Gasteiger partial charge in [0.05, 0.1) is 13.5 Å². The summed E-state index contributed by atoms with van der Waals surface area (Å²) in [5.74, 6) is 0.0581. The van der Waals surface area contributed by atoms with E-state index in [1.54, 1.807) is 6.07 Å². The van der Waals surface area contributed by atoms with Crippen molar-refractivity contribution in [1.29, 1.82) is 0 Å². The first kappa shape index (κ1) is 16.3. The van der Waals surface area contributed by atoms with Crippen molar-refractivity contribution in [3.8, 4) is 5.75 Å².